The van der Waals surface area contributed by atoms with Crippen LogP contribution in [0.5, 0.6) is 5.75 Å². The molecular formula is C29H30N6O3. The highest BCUT2D eigenvalue weighted by atomic mass is 16.6. The van der Waals surface area contributed by atoms with Gasteiger partial charge in [-0.1, -0.05) is 36.4 Å². The molecule has 3 heterocycles. The second-order valence-corrected chi connectivity index (χ2v) is 10.7. The molecule has 4 aromatic rings. The number of methoxy groups -OCH3 is 1. The van der Waals surface area contributed by atoms with Gasteiger partial charge in [0.25, 0.3) is 0 Å². The number of benzene rings is 2. The molecule has 1 amide bonds. The molecule has 3 fully saturated rings. The van der Waals surface area contributed by atoms with Gasteiger partial charge in [-0.25, -0.2) is 14.6 Å². The summed E-state index contributed by atoms with van der Waals surface area (Å²) in [6.07, 6.45) is 6.38. The summed E-state index contributed by atoms with van der Waals surface area (Å²) in [5, 5.41) is 8.81. The Labute approximate surface area is 220 Å². The van der Waals surface area contributed by atoms with Crippen molar-refractivity contribution in [3.05, 3.63) is 60.4 Å². The van der Waals surface area contributed by atoms with Gasteiger partial charge in [0, 0.05) is 11.5 Å². The molecule has 2 atom stereocenters. The molecule has 2 aromatic heterocycles. The minimum Gasteiger partial charge on any atom is -0.495 e. The first-order valence-corrected chi connectivity index (χ1v) is 13.2. The summed E-state index contributed by atoms with van der Waals surface area (Å²) in [5.41, 5.74) is 10.6. The van der Waals surface area contributed by atoms with Crippen molar-refractivity contribution in [1.29, 1.82) is 0 Å². The van der Waals surface area contributed by atoms with Gasteiger partial charge in [-0.15, -0.1) is 0 Å². The van der Waals surface area contributed by atoms with E-state index < -0.39 is 0 Å². The number of nitrogens with zero attached hydrogens (tertiary/aromatic N) is 4. The van der Waals surface area contributed by atoms with Crippen LogP contribution in [0, 0.1) is 5.92 Å². The molecule has 9 nitrogen and oxygen atoms in total. The smallest absolute Gasteiger partial charge is 0.228 e. The summed E-state index contributed by atoms with van der Waals surface area (Å²) in [6.45, 7) is 0.871. The van der Waals surface area contributed by atoms with Gasteiger partial charge in [0.15, 0.2) is 5.65 Å². The summed E-state index contributed by atoms with van der Waals surface area (Å²) < 4.78 is 13.4. The normalized spacial score (nSPS) is 25.9. The highest BCUT2D eigenvalue weighted by molar-refractivity contribution is 6.00. The lowest BCUT2D eigenvalue weighted by Gasteiger charge is -2.26. The summed E-state index contributed by atoms with van der Waals surface area (Å²) >= 11 is 0. The average Bonchev–Trinajstić information content (AvgIpc) is 3.87. The monoisotopic (exact) mass is 510 g/mol. The average molecular weight is 511 g/mol. The summed E-state index contributed by atoms with van der Waals surface area (Å²) in [7, 11) is 1.60. The highest BCUT2D eigenvalue weighted by Gasteiger charge is 2.47. The van der Waals surface area contributed by atoms with E-state index in [0.29, 0.717) is 22.9 Å². The zero-order valence-electron chi connectivity index (χ0n) is 21.3. The van der Waals surface area contributed by atoms with E-state index in [1.54, 1.807) is 7.11 Å². The molecule has 3 N–H and O–H groups in total. The van der Waals surface area contributed by atoms with E-state index in [1.807, 2.05) is 41.1 Å². The van der Waals surface area contributed by atoms with Crippen LogP contribution in [0.2, 0.25) is 0 Å². The Balaban J connectivity index is 1.17. The predicted octanol–water partition coefficient (Wildman–Crippen LogP) is 4.71. The zero-order chi connectivity index (χ0) is 25.9. The Morgan fingerprint density at radius 1 is 1.16 bits per heavy atom. The summed E-state index contributed by atoms with van der Waals surface area (Å²) in [6, 6.07) is 16.1. The fraction of sp³-hybridized carbons (Fsp3) is 0.379. The molecule has 2 saturated carbocycles. The van der Waals surface area contributed by atoms with Crippen molar-refractivity contribution in [3.8, 4) is 17.0 Å². The molecule has 0 unspecified atom stereocenters. The number of carbonyl (C=O) groups is 1. The number of fused-ring (bicyclic) bond motifs is 1. The van der Waals surface area contributed by atoms with E-state index >= 15 is 0 Å². The first-order valence-electron chi connectivity index (χ1n) is 13.2. The fourth-order valence-corrected chi connectivity index (χ4v) is 5.94. The van der Waals surface area contributed by atoms with Crippen LogP contribution in [0.3, 0.4) is 0 Å². The van der Waals surface area contributed by atoms with Gasteiger partial charge in [-0.05, 0) is 55.7 Å². The predicted molar refractivity (Wildman–Crippen MR) is 144 cm³/mol. The Kier molecular flexibility index (Phi) is 5.36. The number of hydrogen-bond donors (Lipinski definition) is 2. The lowest BCUT2D eigenvalue weighted by molar-refractivity contribution is -0.117. The molecule has 0 bridgehead atoms. The van der Waals surface area contributed by atoms with Gasteiger partial charge < -0.3 is 20.5 Å². The fourth-order valence-electron chi connectivity index (χ4n) is 5.94. The number of nitrogens with one attached hydrogen (secondary N) is 1. The molecule has 194 valence electrons. The molecular weight excluding hydrogens is 480 g/mol. The lowest BCUT2D eigenvalue weighted by Crippen LogP contribution is -2.24. The molecule has 38 heavy (non-hydrogen) atoms. The quantitative estimate of drug-likeness (QED) is 0.360. The number of hydrogen-bond acceptors (Lipinski definition) is 7. The van der Waals surface area contributed by atoms with Crippen LogP contribution in [0.15, 0.2) is 54.9 Å². The Bertz CT molecular complexity index is 1520. The number of amides is 1. The van der Waals surface area contributed by atoms with E-state index in [2.05, 4.69) is 27.4 Å². The Hall–Kier alpha value is -3.98. The van der Waals surface area contributed by atoms with Crippen LogP contribution in [-0.4, -0.2) is 45.0 Å². The van der Waals surface area contributed by atoms with Gasteiger partial charge >= 0.3 is 0 Å². The number of anilines is 2. The molecule has 2 aromatic carbocycles. The first kappa shape index (κ1) is 23.2. The van der Waals surface area contributed by atoms with Crippen LogP contribution in [0.25, 0.3) is 22.3 Å². The second-order valence-electron chi connectivity index (χ2n) is 10.7. The summed E-state index contributed by atoms with van der Waals surface area (Å²) in [4.78, 5) is 21.8. The maximum Gasteiger partial charge on any atom is 0.228 e. The SMILES string of the molecule is COc1cc(-c2nn(C3CCC4(CC3)CO4)c3ncnc(N)c23)ccc1NC(=O)[C@@H]1C[C@H]1c1ccccc1. The minimum atomic E-state index is -0.0333. The van der Waals surface area contributed by atoms with Crippen molar-refractivity contribution in [2.75, 3.05) is 24.8 Å². The van der Waals surface area contributed by atoms with E-state index in [4.69, 9.17) is 20.3 Å². The molecule has 9 heteroatoms. The van der Waals surface area contributed by atoms with Crippen molar-refractivity contribution in [2.24, 2.45) is 5.92 Å². The van der Waals surface area contributed by atoms with E-state index in [9.17, 15) is 4.79 Å². The van der Waals surface area contributed by atoms with Crippen molar-refractivity contribution in [3.63, 3.8) is 0 Å². The maximum atomic E-state index is 13.0. The molecule has 0 radical (unpaired) electrons. The largest absolute Gasteiger partial charge is 0.495 e. The van der Waals surface area contributed by atoms with Crippen molar-refractivity contribution in [1.82, 2.24) is 19.7 Å². The van der Waals surface area contributed by atoms with E-state index in [0.717, 1.165) is 55.3 Å². The molecule has 1 spiro atoms. The van der Waals surface area contributed by atoms with Crippen LogP contribution in [0.4, 0.5) is 11.5 Å². The number of epoxide rings is 1. The number of rotatable bonds is 6. The standard InChI is InChI=1S/C29H30N6O3/c1-37-23-13-18(7-8-22(23)33-28(36)21-14-20(21)17-5-3-2-4-6-17)25-24-26(30)31-16-32-27(24)35(34-25)19-9-11-29(12-10-19)15-38-29/h2-8,13,16,19-21H,9-12,14-15H2,1H3,(H,33,36)(H2,30,31,32)/t19?,20-,21+,29?/m0/s1. The topological polar surface area (TPSA) is 120 Å². The van der Waals surface area contributed by atoms with Crippen molar-refractivity contribution < 1.29 is 14.3 Å². The third-order valence-electron chi connectivity index (χ3n) is 8.37. The Morgan fingerprint density at radius 2 is 1.95 bits per heavy atom. The molecule has 2 aliphatic carbocycles. The third-order valence-corrected chi connectivity index (χ3v) is 8.37. The summed E-state index contributed by atoms with van der Waals surface area (Å²) in [5.74, 6) is 1.20. The van der Waals surface area contributed by atoms with Crippen molar-refractivity contribution in [2.45, 2.75) is 49.7 Å². The number of nitrogen functional groups attached to an aromatic ring is 1. The van der Waals surface area contributed by atoms with Gasteiger partial charge in [-0.2, -0.15) is 5.10 Å². The van der Waals surface area contributed by atoms with Crippen LogP contribution in [-0.2, 0) is 9.53 Å². The van der Waals surface area contributed by atoms with E-state index in [-0.39, 0.29) is 29.4 Å². The molecule has 1 aliphatic heterocycles. The molecule has 1 saturated heterocycles. The number of ether oxygens (including phenoxy) is 2. The van der Waals surface area contributed by atoms with Crippen molar-refractivity contribution >= 4 is 28.4 Å². The number of nitrogens with two attached hydrogens (primary N) is 1. The second kappa shape index (κ2) is 8.80. The Morgan fingerprint density at radius 3 is 2.68 bits per heavy atom. The van der Waals surface area contributed by atoms with Crippen LogP contribution < -0.4 is 15.8 Å². The van der Waals surface area contributed by atoms with Gasteiger partial charge in [0.2, 0.25) is 5.91 Å². The van der Waals surface area contributed by atoms with E-state index in [1.165, 1.54) is 11.9 Å². The lowest BCUT2D eigenvalue weighted by atomic mass is 9.86. The molecule has 3 aliphatic rings. The maximum absolute atomic E-state index is 13.0. The number of carbonyl (C=O) groups excluding carboxylic acids is 1. The third kappa shape index (κ3) is 3.98. The minimum absolute atomic E-state index is 0.00647. The number of aromatic nitrogens is 4. The molecule has 7 rings (SSSR count). The van der Waals surface area contributed by atoms with Gasteiger partial charge in [-0.3, -0.25) is 4.79 Å². The van der Waals surface area contributed by atoms with Crippen LogP contribution >= 0.6 is 0 Å². The van der Waals surface area contributed by atoms with Crippen LogP contribution in [0.1, 0.15) is 49.6 Å². The zero-order valence-corrected chi connectivity index (χ0v) is 21.3. The highest BCUT2D eigenvalue weighted by Crippen LogP contribution is 2.49. The first-order chi connectivity index (χ1) is 18.5. The van der Waals surface area contributed by atoms with Gasteiger partial charge in [0.05, 0.1) is 36.4 Å². The van der Waals surface area contributed by atoms with Gasteiger partial charge in [0.1, 0.15) is 23.6 Å².